The minimum Gasteiger partial charge on any atom is -0.481 e. The number of amides is 2. The molecule has 0 saturated carbocycles. The Kier molecular flexibility index (Phi) is 62.6. The quantitative estimate of drug-likeness (QED) is 0.0275. The van der Waals surface area contributed by atoms with Gasteiger partial charge in [0.2, 0.25) is 11.8 Å². The second-order valence-electron chi connectivity index (χ2n) is 15.3. The number of rotatable bonds is 34. The Bertz CT molecular complexity index is 1050. The van der Waals surface area contributed by atoms with Crippen molar-refractivity contribution in [1.29, 1.82) is 0 Å². The van der Waals surface area contributed by atoms with Gasteiger partial charge in [0, 0.05) is 65.0 Å². The minimum atomic E-state index is -1.10. The van der Waals surface area contributed by atoms with Crippen LogP contribution < -0.4 is 10.6 Å². The molecule has 0 spiro atoms. The number of nitrogens with two attached hydrogens (primary N) is 1. The van der Waals surface area contributed by atoms with Gasteiger partial charge in [-0.3, -0.25) is 24.0 Å². The Morgan fingerprint density at radius 2 is 0.968 bits per heavy atom. The molecule has 0 unspecified atom stereocenters. The summed E-state index contributed by atoms with van der Waals surface area (Å²) in [5.41, 5.74) is 0. The third kappa shape index (κ3) is 65.6. The molecule has 0 aromatic heterocycles. The number of aliphatic carboxylic acids is 2. The van der Waals surface area contributed by atoms with Crippen LogP contribution in [0.1, 0.15) is 196 Å². The normalized spacial score (nSPS) is 10.0. The first-order valence-electron chi connectivity index (χ1n) is 24.0. The van der Waals surface area contributed by atoms with E-state index in [1.165, 1.54) is 62.8 Å². The number of hydrogen-bond acceptors (Lipinski definition) is 9. The Hall–Kier alpha value is -3.52. The number of carbonyl (C=O) groups is 6. The van der Waals surface area contributed by atoms with Crippen LogP contribution in [-0.4, -0.2) is 123 Å². The van der Waals surface area contributed by atoms with Gasteiger partial charge in [0.1, 0.15) is 0 Å². The average Bonchev–Trinajstić information content (AvgIpc) is 3.23. The van der Waals surface area contributed by atoms with E-state index in [0.717, 1.165) is 95.9 Å². The number of nitrogens with zero attached hydrogens (tertiary/aromatic N) is 2. The van der Waals surface area contributed by atoms with Crippen molar-refractivity contribution in [2.45, 2.75) is 196 Å². The van der Waals surface area contributed by atoms with Gasteiger partial charge in [-0.1, -0.05) is 92.9 Å². The highest BCUT2D eigenvalue weighted by Crippen LogP contribution is 2.08. The van der Waals surface area contributed by atoms with E-state index in [0.29, 0.717) is 45.4 Å². The molecule has 0 atom stereocenters. The largest absolute Gasteiger partial charge is 0.481 e. The summed E-state index contributed by atoms with van der Waals surface area (Å²) in [6, 6.07) is 0. The van der Waals surface area contributed by atoms with Crippen LogP contribution in [-0.2, 0) is 38.2 Å². The molecule has 0 aliphatic rings. The predicted octanol–water partition coefficient (Wildman–Crippen LogP) is 8.56. The van der Waals surface area contributed by atoms with E-state index >= 15 is 0 Å². The number of carbonyl (C=O) groups excluding carboxylic acids is 4. The van der Waals surface area contributed by atoms with E-state index < -0.39 is 11.9 Å². The first-order chi connectivity index (χ1) is 29.7. The molecule has 0 rings (SSSR count). The molecule has 0 bridgehead atoms. The number of carboxylic acid groups (broad SMARTS) is 2. The molecule has 62 heavy (non-hydrogen) atoms. The van der Waals surface area contributed by atoms with Crippen LogP contribution in [0.5, 0.6) is 0 Å². The van der Waals surface area contributed by atoms with E-state index in [4.69, 9.17) is 19.7 Å². The number of esters is 2. The highest BCUT2D eigenvalue weighted by molar-refractivity contribution is 5.93. The molecule has 2 amide bonds. The van der Waals surface area contributed by atoms with Crippen LogP contribution in [0.3, 0.4) is 0 Å². The lowest BCUT2D eigenvalue weighted by Gasteiger charge is -2.15. The third-order valence-electron chi connectivity index (χ3n) is 8.93. The summed E-state index contributed by atoms with van der Waals surface area (Å²) in [6.45, 7) is 17.5. The fourth-order valence-electron chi connectivity index (χ4n) is 5.28. The molecule has 0 aliphatic heterocycles. The number of hydrogen-bond donors (Lipinski definition) is 4. The van der Waals surface area contributed by atoms with Crippen LogP contribution in [0.4, 0.5) is 0 Å². The van der Waals surface area contributed by atoms with Crippen LogP contribution in [0.15, 0.2) is 12.2 Å². The van der Waals surface area contributed by atoms with Crippen molar-refractivity contribution in [3.8, 4) is 0 Å². The molecule has 0 saturated heterocycles. The maximum Gasteiger partial charge on any atom is 0.328 e. The summed E-state index contributed by atoms with van der Waals surface area (Å²) in [4.78, 5) is 69.1. The first-order valence-corrected chi connectivity index (χ1v) is 24.0. The van der Waals surface area contributed by atoms with Gasteiger partial charge in [-0.2, -0.15) is 0 Å². The molecule has 0 aromatic carbocycles. The van der Waals surface area contributed by atoms with Crippen LogP contribution in [0, 0.1) is 0 Å². The molecule has 14 heteroatoms. The Labute approximate surface area is 379 Å². The van der Waals surface area contributed by atoms with Crippen molar-refractivity contribution in [3.05, 3.63) is 12.2 Å². The summed E-state index contributed by atoms with van der Waals surface area (Å²) in [5.74, 6) is -2.13. The number of ether oxygens (including phenoxy) is 2. The van der Waals surface area contributed by atoms with Crippen LogP contribution >= 0.6 is 0 Å². The van der Waals surface area contributed by atoms with Gasteiger partial charge in [0.05, 0.1) is 26.8 Å². The number of nitrogens with one attached hydrogen (secondary N) is 1. The maximum absolute atomic E-state index is 11.7. The third-order valence-corrected chi connectivity index (χ3v) is 8.93. The summed E-state index contributed by atoms with van der Waals surface area (Å²) in [5, 5.41) is 21.8. The Balaban J connectivity index is -0.000000242. The van der Waals surface area contributed by atoms with Crippen LogP contribution in [0.25, 0.3) is 0 Å². The van der Waals surface area contributed by atoms with Gasteiger partial charge in [-0.25, -0.2) is 4.79 Å². The van der Waals surface area contributed by atoms with Gasteiger partial charge in [0.15, 0.2) is 0 Å². The molecule has 14 nitrogen and oxygen atoms in total. The first kappa shape index (κ1) is 67.6. The van der Waals surface area contributed by atoms with Crippen molar-refractivity contribution in [3.63, 3.8) is 0 Å². The molecule has 368 valence electrons. The van der Waals surface area contributed by atoms with Crippen LogP contribution in [0.2, 0.25) is 0 Å². The van der Waals surface area contributed by atoms with Gasteiger partial charge >= 0.3 is 23.9 Å². The zero-order valence-corrected chi connectivity index (χ0v) is 41.5. The highest BCUT2D eigenvalue weighted by Gasteiger charge is 2.08. The monoisotopic (exact) mass is 890 g/mol. The number of quaternary nitrogens is 1. The lowest BCUT2D eigenvalue weighted by atomic mass is 10.1. The zero-order valence-electron chi connectivity index (χ0n) is 41.5. The van der Waals surface area contributed by atoms with Crippen molar-refractivity contribution < 1.29 is 53.8 Å². The Morgan fingerprint density at radius 3 is 1.32 bits per heavy atom. The number of unbranched alkanes of at least 4 members (excludes halogenated alkanes) is 12. The maximum atomic E-state index is 11.7. The van der Waals surface area contributed by atoms with Gasteiger partial charge < -0.3 is 40.1 Å². The summed E-state index contributed by atoms with van der Waals surface area (Å²) >= 11 is 0. The van der Waals surface area contributed by atoms with Gasteiger partial charge in [-0.15, -0.1) is 0 Å². The highest BCUT2D eigenvalue weighted by atomic mass is 16.5. The van der Waals surface area contributed by atoms with Gasteiger partial charge in [-0.05, 0) is 90.6 Å². The molecule has 0 fully saturated rings. The lowest BCUT2D eigenvalue weighted by molar-refractivity contribution is -0.626. The van der Waals surface area contributed by atoms with E-state index in [1.54, 1.807) is 11.9 Å². The molecular weight excluding hydrogens is 793 g/mol. The second-order valence-corrected chi connectivity index (χ2v) is 15.3. The predicted molar refractivity (Wildman–Crippen MR) is 253 cm³/mol. The van der Waals surface area contributed by atoms with Crippen molar-refractivity contribution in [2.24, 2.45) is 0 Å². The van der Waals surface area contributed by atoms with Crippen molar-refractivity contribution in [2.75, 3.05) is 67.6 Å². The molecule has 5 N–H and O–H groups in total. The van der Waals surface area contributed by atoms with Crippen molar-refractivity contribution in [1.82, 2.24) is 15.1 Å². The minimum absolute atomic E-state index is 0.0738. The summed E-state index contributed by atoms with van der Waals surface area (Å²) < 4.78 is 10.3. The van der Waals surface area contributed by atoms with E-state index in [9.17, 15) is 28.8 Å². The molecule has 0 radical (unpaired) electrons. The van der Waals surface area contributed by atoms with Crippen molar-refractivity contribution >= 4 is 35.7 Å². The molecular formula is C48H97N4O10+. The zero-order chi connectivity index (χ0) is 48.1. The number of likely N-dealkylation sites (N-methyl/N-ethyl adjacent to an activating group) is 1. The van der Waals surface area contributed by atoms with Gasteiger partial charge in [0.25, 0.3) is 0 Å². The lowest BCUT2D eigenvalue weighted by Crippen LogP contribution is -2.79. The van der Waals surface area contributed by atoms with E-state index in [-0.39, 0.29) is 30.2 Å². The number of carboxylic acids is 2. The standard InChI is InChI=1S/C18H35NO3.C14H26O4.C8H13NO3.2C4H11N/c1-4-6-7-8-11-14-18(21)22-16-12-9-10-13-17(20)19(3)15-5-2;1-2-3-4-5-8-11-14(17)18-12-9-6-7-10-13(15)16;1-3-6-9(2)7(10)4-5-8(11)12;2*1-3-4-5-2/h4-16H2,1-3H3;2-12H2,1H3,(H,15,16);4-5H,3,6H2,1-2H3,(H,11,12);2*5H,3-4H2,1-2H3/p+1. The summed E-state index contributed by atoms with van der Waals surface area (Å²) in [7, 11) is 7.54. The SMILES string of the molecule is CCCCCCCC(=O)OCCCCCC(=O)N(C)CCC.CCCCCCCC(=O)OCCCCCC(=O)O.CCCN(C)C(=O)C=CC(=O)O.CCCNC.CCC[NH2+]C. The molecule has 0 aromatic rings. The molecule has 0 aliphatic carbocycles. The fraction of sp³-hybridized carbons (Fsp3) is 0.833. The fourth-order valence-corrected chi connectivity index (χ4v) is 5.28. The molecule has 0 heterocycles. The average molecular weight is 890 g/mol. The summed E-state index contributed by atoms with van der Waals surface area (Å²) in [6.07, 6.45) is 24.4. The topological polar surface area (TPSA) is 196 Å². The smallest absolute Gasteiger partial charge is 0.328 e. The van der Waals surface area contributed by atoms with E-state index in [2.05, 4.69) is 52.3 Å². The second kappa shape index (κ2) is 57.5. The van der Waals surface area contributed by atoms with E-state index in [1.807, 2.05) is 21.0 Å². The Morgan fingerprint density at radius 1 is 0.532 bits per heavy atom.